The number of halogens is 1. The molecule has 1 aromatic heterocycles. The first-order chi connectivity index (χ1) is 13.6. The summed E-state index contributed by atoms with van der Waals surface area (Å²) in [5.41, 5.74) is 4.19. The molecule has 0 radical (unpaired) electrons. The molecular formula is C22H17ClN2O3. The summed E-state index contributed by atoms with van der Waals surface area (Å²) in [5.74, 6) is 0.655. The molecule has 0 aliphatic heterocycles. The largest absolute Gasteiger partial charge is 0.496 e. The smallest absolute Gasteiger partial charge is 0.259 e. The number of carbonyl (C=O) groups is 1. The van der Waals surface area contributed by atoms with Gasteiger partial charge in [0.15, 0.2) is 5.58 Å². The molecule has 4 aromatic rings. The van der Waals surface area contributed by atoms with Gasteiger partial charge in [0.05, 0.1) is 12.7 Å². The summed E-state index contributed by atoms with van der Waals surface area (Å²) >= 11 is 6.04. The van der Waals surface area contributed by atoms with Gasteiger partial charge < -0.3 is 14.5 Å². The molecule has 0 bridgehead atoms. The van der Waals surface area contributed by atoms with Gasteiger partial charge in [-0.25, -0.2) is 4.98 Å². The molecule has 140 valence electrons. The Balaban J connectivity index is 1.69. The molecule has 3 aromatic carbocycles. The van der Waals surface area contributed by atoms with E-state index in [4.69, 9.17) is 20.8 Å². The first kappa shape index (κ1) is 18.1. The van der Waals surface area contributed by atoms with Crippen LogP contribution in [0.2, 0.25) is 5.02 Å². The van der Waals surface area contributed by atoms with Gasteiger partial charge in [0, 0.05) is 16.3 Å². The summed E-state index contributed by atoms with van der Waals surface area (Å²) < 4.78 is 11.1. The molecule has 0 unspecified atom stereocenters. The molecular weight excluding hydrogens is 376 g/mol. The monoisotopic (exact) mass is 392 g/mol. The number of hydrogen-bond donors (Lipinski definition) is 1. The van der Waals surface area contributed by atoms with Crippen LogP contribution in [0.3, 0.4) is 0 Å². The molecule has 1 amide bonds. The summed E-state index contributed by atoms with van der Waals surface area (Å²) in [6.07, 6.45) is 0. The van der Waals surface area contributed by atoms with Crippen molar-refractivity contribution in [3.05, 3.63) is 76.8 Å². The summed E-state index contributed by atoms with van der Waals surface area (Å²) in [6.45, 7) is 1.91. The van der Waals surface area contributed by atoms with E-state index < -0.39 is 0 Å². The highest BCUT2D eigenvalue weighted by Crippen LogP contribution is 2.31. The van der Waals surface area contributed by atoms with Crippen LogP contribution < -0.4 is 10.1 Å². The zero-order chi connectivity index (χ0) is 19.7. The maximum atomic E-state index is 12.8. The first-order valence-electron chi connectivity index (χ1n) is 8.67. The van der Waals surface area contributed by atoms with Gasteiger partial charge in [-0.3, -0.25) is 4.79 Å². The van der Waals surface area contributed by atoms with Gasteiger partial charge in [0.1, 0.15) is 11.3 Å². The molecule has 1 N–H and O–H groups in total. The third-order valence-corrected chi connectivity index (χ3v) is 4.75. The van der Waals surface area contributed by atoms with Gasteiger partial charge in [-0.1, -0.05) is 29.8 Å². The van der Waals surface area contributed by atoms with Gasteiger partial charge in [-0.2, -0.15) is 0 Å². The second-order valence-corrected chi connectivity index (χ2v) is 6.70. The zero-order valence-corrected chi connectivity index (χ0v) is 16.1. The van der Waals surface area contributed by atoms with Crippen LogP contribution in [0.15, 0.2) is 65.1 Å². The Kier molecular flexibility index (Phi) is 4.75. The Hall–Kier alpha value is -3.31. The number of hydrogen-bond acceptors (Lipinski definition) is 4. The summed E-state index contributed by atoms with van der Waals surface area (Å²) in [4.78, 5) is 17.3. The van der Waals surface area contributed by atoms with E-state index in [9.17, 15) is 4.79 Å². The Morgan fingerprint density at radius 1 is 1.11 bits per heavy atom. The number of nitrogens with zero attached hydrogens (tertiary/aromatic N) is 1. The SMILES string of the molecule is COc1ccc(Cl)cc1C(=O)Nc1cccc(-c2nc3ccccc3o2)c1C. The molecule has 0 aliphatic rings. The molecule has 0 aliphatic carbocycles. The number of methoxy groups -OCH3 is 1. The zero-order valence-electron chi connectivity index (χ0n) is 15.3. The van der Waals surface area contributed by atoms with E-state index in [1.807, 2.05) is 49.4 Å². The van der Waals surface area contributed by atoms with Crippen LogP contribution >= 0.6 is 11.6 Å². The number of oxazole rings is 1. The number of para-hydroxylation sites is 2. The quantitative estimate of drug-likeness (QED) is 0.482. The van der Waals surface area contributed by atoms with Crippen LogP contribution in [-0.4, -0.2) is 18.0 Å². The van der Waals surface area contributed by atoms with Crippen LogP contribution in [0.25, 0.3) is 22.6 Å². The normalized spacial score (nSPS) is 10.8. The van der Waals surface area contributed by atoms with Crippen molar-refractivity contribution in [3.63, 3.8) is 0 Å². The maximum Gasteiger partial charge on any atom is 0.259 e. The Morgan fingerprint density at radius 2 is 1.93 bits per heavy atom. The fourth-order valence-electron chi connectivity index (χ4n) is 3.04. The molecule has 0 spiro atoms. The van der Waals surface area contributed by atoms with Crippen molar-refractivity contribution in [2.45, 2.75) is 6.92 Å². The minimum Gasteiger partial charge on any atom is -0.496 e. The van der Waals surface area contributed by atoms with Crippen molar-refractivity contribution in [1.82, 2.24) is 4.98 Å². The average Bonchev–Trinajstić information content (AvgIpc) is 3.13. The Morgan fingerprint density at radius 3 is 2.71 bits per heavy atom. The van der Waals surface area contributed by atoms with Crippen molar-refractivity contribution in [2.75, 3.05) is 12.4 Å². The van der Waals surface area contributed by atoms with Crippen LogP contribution in [0.5, 0.6) is 5.75 Å². The van der Waals surface area contributed by atoms with E-state index in [1.165, 1.54) is 7.11 Å². The number of rotatable bonds is 4. The van der Waals surface area contributed by atoms with E-state index in [0.29, 0.717) is 27.9 Å². The fourth-order valence-corrected chi connectivity index (χ4v) is 3.21. The Labute approximate surface area is 166 Å². The lowest BCUT2D eigenvalue weighted by atomic mass is 10.1. The third kappa shape index (κ3) is 3.32. The molecule has 6 heteroatoms. The van der Waals surface area contributed by atoms with Gasteiger partial charge in [-0.15, -0.1) is 0 Å². The molecule has 0 fully saturated rings. The minimum absolute atomic E-state index is 0.308. The lowest BCUT2D eigenvalue weighted by Crippen LogP contribution is -2.14. The molecule has 0 saturated carbocycles. The summed E-state index contributed by atoms with van der Waals surface area (Å²) in [5, 5.41) is 3.39. The highest BCUT2D eigenvalue weighted by Gasteiger charge is 2.17. The van der Waals surface area contributed by atoms with E-state index in [-0.39, 0.29) is 5.91 Å². The van der Waals surface area contributed by atoms with Crippen LogP contribution in [0.1, 0.15) is 15.9 Å². The lowest BCUT2D eigenvalue weighted by Gasteiger charge is -2.13. The second kappa shape index (κ2) is 7.37. The van der Waals surface area contributed by atoms with E-state index in [2.05, 4.69) is 10.3 Å². The van der Waals surface area contributed by atoms with E-state index >= 15 is 0 Å². The lowest BCUT2D eigenvalue weighted by molar-refractivity contribution is 0.102. The number of amides is 1. The maximum absolute atomic E-state index is 12.8. The number of aromatic nitrogens is 1. The fraction of sp³-hybridized carbons (Fsp3) is 0.0909. The van der Waals surface area contributed by atoms with Gasteiger partial charge in [0.25, 0.3) is 5.91 Å². The predicted octanol–water partition coefficient (Wildman–Crippen LogP) is 5.72. The Bertz CT molecular complexity index is 1150. The van der Waals surface area contributed by atoms with Crippen LogP contribution in [0, 0.1) is 6.92 Å². The highest BCUT2D eigenvalue weighted by molar-refractivity contribution is 6.31. The third-order valence-electron chi connectivity index (χ3n) is 4.51. The molecule has 4 rings (SSSR count). The van der Waals surface area contributed by atoms with Gasteiger partial charge in [0.2, 0.25) is 5.89 Å². The molecule has 0 atom stereocenters. The molecule has 5 nitrogen and oxygen atoms in total. The number of nitrogens with one attached hydrogen (secondary N) is 1. The van der Waals surface area contributed by atoms with Crippen molar-refractivity contribution in [2.24, 2.45) is 0 Å². The van der Waals surface area contributed by atoms with E-state index in [0.717, 1.165) is 22.2 Å². The number of ether oxygens (including phenoxy) is 1. The van der Waals surface area contributed by atoms with Crippen LogP contribution in [0.4, 0.5) is 5.69 Å². The van der Waals surface area contributed by atoms with Crippen molar-refractivity contribution in [1.29, 1.82) is 0 Å². The van der Waals surface area contributed by atoms with Crippen LogP contribution in [-0.2, 0) is 0 Å². The summed E-state index contributed by atoms with van der Waals surface area (Å²) in [7, 11) is 1.51. The predicted molar refractivity (Wildman–Crippen MR) is 110 cm³/mol. The highest BCUT2D eigenvalue weighted by atomic mass is 35.5. The first-order valence-corrected chi connectivity index (χ1v) is 9.05. The van der Waals surface area contributed by atoms with Crippen molar-refractivity contribution >= 4 is 34.3 Å². The van der Waals surface area contributed by atoms with E-state index in [1.54, 1.807) is 18.2 Å². The minimum atomic E-state index is -0.308. The number of carbonyl (C=O) groups excluding carboxylic acids is 1. The molecule has 0 saturated heterocycles. The second-order valence-electron chi connectivity index (χ2n) is 6.26. The number of fused-ring (bicyclic) bond motifs is 1. The number of anilines is 1. The topological polar surface area (TPSA) is 64.4 Å². The van der Waals surface area contributed by atoms with Gasteiger partial charge in [-0.05, 0) is 55.0 Å². The van der Waals surface area contributed by atoms with Gasteiger partial charge >= 0.3 is 0 Å². The standard InChI is InChI=1S/C22H17ClN2O3/c1-13-15(22-25-18-7-3-4-9-20(18)28-22)6-5-8-17(13)24-21(26)16-12-14(23)10-11-19(16)27-2/h3-12H,1-2H3,(H,24,26). The van der Waals surface area contributed by atoms with Crippen molar-refractivity contribution < 1.29 is 13.9 Å². The average molecular weight is 393 g/mol. The van der Waals surface area contributed by atoms with Crippen molar-refractivity contribution in [3.8, 4) is 17.2 Å². The molecule has 28 heavy (non-hydrogen) atoms. The summed E-state index contributed by atoms with van der Waals surface area (Å²) in [6, 6.07) is 18.1. The number of benzene rings is 3. The molecule has 1 heterocycles.